The van der Waals surface area contributed by atoms with Gasteiger partial charge in [-0.1, -0.05) is 47.1 Å². The Bertz CT molecular complexity index is 915. The molecule has 0 spiro atoms. The Morgan fingerprint density at radius 2 is 1.83 bits per heavy atom. The largest absolute Gasteiger partial charge is 0.454 e. The summed E-state index contributed by atoms with van der Waals surface area (Å²) >= 11 is 11.9. The Morgan fingerprint density at radius 1 is 1.10 bits per heavy atom. The first-order valence-electron chi connectivity index (χ1n) is 7.99. The Hall–Kier alpha value is -2.36. The zero-order chi connectivity index (χ0) is 21.4. The molecule has 6 nitrogen and oxygen atoms in total. The fourth-order valence-electron chi connectivity index (χ4n) is 2.07. The highest BCUT2D eigenvalue weighted by atomic mass is 35.5. The number of rotatable bonds is 8. The molecule has 2 N–H and O–H groups in total. The number of benzene rings is 2. The summed E-state index contributed by atoms with van der Waals surface area (Å²) in [5.41, 5.74) is 0.291. The van der Waals surface area contributed by atoms with Crippen LogP contribution in [-0.2, 0) is 14.3 Å². The van der Waals surface area contributed by atoms with Crippen LogP contribution in [0.5, 0.6) is 0 Å². The summed E-state index contributed by atoms with van der Waals surface area (Å²) in [4.78, 5) is 35.8. The third kappa shape index (κ3) is 7.52. The second-order valence-corrected chi connectivity index (χ2v) is 7.27. The van der Waals surface area contributed by atoms with Crippen molar-refractivity contribution < 1.29 is 27.9 Å². The molecule has 0 aliphatic carbocycles. The summed E-state index contributed by atoms with van der Waals surface area (Å²) in [6.45, 7) is -1.15. The normalized spacial score (nSPS) is 10.5. The van der Waals surface area contributed by atoms with Crippen LogP contribution in [0.1, 0.15) is 10.4 Å². The van der Waals surface area contributed by atoms with Gasteiger partial charge in [0, 0.05) is 9.92 Å². The maximum atomic E-state index is 12.5. The fourth-order valence-corrected chi connectivity index (χ4v) is 3.16. The van der Waals surface area contributed by atoms with Crippen molar-refractivity contribution in [1.82, 2.24) is 5.32 Å². The number of alkyl halides is 2. The highest BCUT2D eigenvalue weighted by molar-refractivity contribution is 7.99. The number of carbonyl (C=O) groups excluding carboxylic acids is 3. The van der Waals surface area contributed by atoms with Gasteiger partial charge in [0.2, 0.25) is 0 Å². The molecule has 2 amide bonds. The lowest BCUT2D eigenvalue weighted by Crippen LogP contribution is -2.32. The number of halogens is 4. The van der Waals surface area contributed by atoms with Crippen LogP contribution in [0.25, 0.3) is 0 Å². The molecule has 2 aromatic carbocycles. The zero-order valence-electron chi connectivity index (χ0n) is 14.6. The van der Waals surface area contributed by atoms with Crippen LogP contribution in [0.15, 0.2) is 47.4 Å². The van der Waals surface area contributed by atoms with Crippen LogP contribution in [0.3, 0.4) is 0 Å². The molecule has 0 aromatic heterocycles. The molecule has 0 radical (unpaired) electrons. The number of nitrogens with one attached hydrogen (secondary N) is 2. The van der Waals surface area contributed by atoms with E-state index in [0.717, 1.165) is 0 Å². The summed E-state index contributed by atoms with van der Waals surface area (Å²) in [7, 11) is 0. The van der Waals surface area contributed by atoms with E-state index in [-0.39, 0.29) is 32.9 Å². The Kier molecular flexibility index (Phi) is 8.69. The second kappa shape index (κ2) is 11.0. The van der Waals surface area contributed by atoms with E-state index in [2.05, 4.69) is 10.6 Å². The zero-order valence-corrected chi connectivity index (χ0v) is 16.9. The number of esters is 1. The Balaban J connectivity index is 1.80. The Labute approximate surface area is 178 Å². The highest BCUT2D eigenvalue weighted by Crippen LogP contribution is 2.31. The number of carbonyl (C=O) groups is 3. The first-order chi connectivity index (χ1) is 13.8. The van der Waals surface area contributed by atoms with Crippen molar-refractivity contribution >= 4 is 58.4 Å². The molecule has 0 atom stereocenters. The van der Waals surface area contributed by atoms with Gasteiger partial charge in [0.1, 0.15) is 6.54 Å². The van der Waals surface area contributed by atoms with Gasteiger partial charge < -0.3 is 15.4 Å². The molecule has 0 aliphatic rings. The number of thioether (sulfide) groups is 1. The van der Waals surface area contributed by atoms with Crippen LogP contribution in [0, 0.1) is 0 Å². The number of hydrogen-bond donors (Lipinski definition) is 2. The van der Waals surface area contributed by atoms with Crippen LogP contribution >= 0.6 is 35.0 Å². The predicted molar refractivity (Wildman–Crippen MR) is 107 cm³/mol. The van der Waals surface area contributed by atoms with Gasteiger partial charge in [0.15, 0.2) is 6.61 Å². The molecule has 0 aliphatic heterocycles. The summed E-state index contributed by atoms with van der Waals surface area (Å²) in [5, 5.41) is 5.16. The summed E-state index contributed by atoms with van der Waals surface area (Å²) in [6.07, 6.45) is 0. The molecule has 0 unspecified atom stereocenters. The van der Waals surface area contributed by atoms with E-state index in [0.29, 0.717) is 5.02 Å². The van der Waals surface area contributed by atoms with Gasteiger partial charge in [-0.3, -0.25) is 14.4 Å². The fraction of sp³-hybridized carbons (Fsp3) is 0.167. The van der Waals surface area contributed by atoms with E-state index in [1.54, 1.807) is 12.1 Å². The molecule has 0 fully saturated rings. The van der Waals surface area contributed by atoms with Crippen molar-refractivity contribution in [1.29, 1.82) is 0 Å². The summed E-state index contributed by atoms with van der Waals surface area (Å²) in [6, 6.07) is 10.2. The average Bonchev–Trinajstić information content (AvgIpc) is 2.65. The minimum atomic E-state index is -2.65. The van der Waals surface area contributed by atoms with Crippen LogP contribution in [-0.4, -0.2) is 36.7 Å². The molecule has 11 heteroatoms. The third-order valence-corrected chi connectivity index (χ3v) is 4.65. The van der Waals surface area contributed by atoms with Crippen molar-refractivity contribution in [2.24, 2.45) is 0 Å². The van der Waals surface area contributed by atoms with Gasteiger partial charge in [-0.05, 0) is 30.3 Å². The van der Waals surface area contributed by atoms with Crippen LogP contribution < -0.4 is 10.6 Å². The molecule has 2 rings (SSSR count). The van der Waals surface area contributed by atoms with E-state index in [4.69, 9.17) is 27.9 Å². The van der Waals surface area contributed by atoms with E-state index in [1.165, 1.54) is 30.3 Å². The lowest BCUT2D eigenvalue weighted by atomic mass is 10.2. The molecule has 0 saturated carbocycles. The molecule has 0 bridgehead atoms. The van der Waals surface area contributed by atoms with Crippen molar-refractivity contribution in [3.8, 4) is 0 Å². The van der Waals surface area contributed by atoms with Crippen molar-refractivity contribution in [3.63, 3.8) is 0 Å². The van der Waals surface area contributed by atoms with Gasteiger partial charge >= 0.3 is 5.97 Å². The van der Waals surface area contributed by atoms with Gasteiger partial charge in [-0.25, -0.2) is 0 Å². The van der Waals surface area contributed by atoms with Crippen LogP contribution in [0.4, 0.5) is 14.5 Å². The number of amides is 2. The quantitative estimate of drug-likeness (QED) is 0.453. The number of ether oxygens (including phenoxy) is 1. The van der Waals surface area contributed by atoms with Gasteiger partial charge in [-0.15, -0.1) is 0 Å². The summed E-state index contributed by atoms with van der Waals surface area (Å²) in [5.74, 6) is -4.85. The smallest absolute Gasteiger partial charge is 0.325 e. The highest BCUT2D eigenvalue weighted by Gasteiger charge is 2.15. The molecule has 29 heavy (non-hydrogen) atoms. The van der Waals surface area contributed by atoms with Crippen molar-refractivity contribution in [2.45, 2.75) is 10.7 Å². The van der Waals surface area contributed by atoms with Gasteiger partial charge in [0.05, 0.1) is 16.3 Å². The first kappa shape index (κ1) is 22.9. The standard InChI is InChI=1S/C18H14Cl2F2N2O4S/c19-10-5-6-11(12(20)7-10)17(27)23-8-16(26)28-9-15(25)24-13-3-1-2-4-14(13)29-18(21)22/h1-7,18H,8-9H2,(H,23,27)(H,24,25). The topological polar surface area (TPSA) is 84.5 Å². The monoisotopic (exact) mass is 462 g/mol. The maximum Gasteiger partial charge on any atom is 0.325 e. The SMILES string of the molecule is O=C(COC(=O)CNC(=O)c1ccc(Cl)cc1Cl)Nc1ccccc1SC(F)F. The molecule has 0 saturated heterocycles. The van der Waals surface area contributed by atoms with Crippen molar-refractivity contribution in [2.75, 3.05) is 18.5 Å². The van der Waals surface area contributed by atoms with Crippen molar-refractivity contribution in [3.05, 3.63) is 58.1 Å². The van der Waals surface area contributed by atoms with E-state index in [9.17, 15) is 23.2 Å². The number of anilines is 1. The van der Waals surface area contributed by atoms with Gasteiger partial charge in [0.25, 0.3) is 17.6 Å². The molecule has 0 heterocycles. The van der Waals surface area contributed by atoms with Crippen LogP contribution in [0.2, 0.25) is 10.0 Å². The van der Waals surface area contributed by atoms with E-state index < -0.39 is 36.7 Å². The third-order valence-electron chi connectivity index (χ3n) is 3.31. The molecule has 154 valence electrons. The average molecular weight is 463 g/mol. The Morgan fingerprint density at radius 3 is 2.52 bits per heavy atom. The summed E-state index contributed by atoms with van der Waals surface area (Å²) < 4.78 is 29.8. The second-order valence-electron chi connectivity index (χ2n) is 5.39. The maximum absolute atomic E-state index is 12.5. The van der Waals surface area contributed by atoms with E-state index >= 15 is 0 Å². The lowest BCUT2D eigenvalue weighted by molar-refractivity contribution is -0.146. The number of para-hydroxylation sites is 1. The molecular formula is C18H14Cl2F2N2O4S. The lowest BCUT2D eigenvalue weighted by Gasteiger charge is -2.11. The predicted octanol–water partition coefficient (Wildman–Crippen LogP) is 4.22. The molecule has 2 aromatic rings. The van der Waals surface area contributed by atoms with Gasteiger partial charge in [-0.2, -0.15) is 8.78 Å². The first-order valence-corrected chi connectivity index (χ1v) is 9.62. The minimum Gasteiger partial charge on any atom is -0.454 e. The minimum absolute atomic E-state index is 0.114. The van der Waals surface area contributed by atoms with E-state index in [1.807, 2.05) is 0 Å². The number of hydrogen-bond acceptors (Lipinski definition) is 5. The molecular weight excluding hydrogens is 449 g/mol.